The summed E-state index contributed by atoms with van der Waals surface area (Å²) in [6.07, 6.45) is 7.26. The normalized spacial score (nSPS) is 25.3. The molecular weight excluding hydrogens is 228 g/mol. The molecule has 0 spiro atoms. The molecule has 0 aromatic heterocycles. The summed E-state index contributed by atoms with van der Waals surface area (Å²) in [6, 6.07) is 0. The molecule has 0 aromatic rings. The maximum Gasteiger partial charge on any atom is 0.0897 e. The number of aliphatic hydroxyl groups is 1. The Kier molecular flexibility index (Phi) is 8.25. The van der Waals surface area contributed by atoms with Crippen LogP contribution >= 0.6 is 0 Å². The summed E-state index contributed by atoms with van der Waals surface area (Å²) in [5.41, 5.74) is 5.39. The van der Waals surface area contributed by atoms with E-state index in [-0.39, 0.29) is 0 Å². The van der Waals surface area contributed by atoms with Crippen molar-refractivity contribution in [3.8, 4) is 0 Å². The number of rotatable bonds is 9. The highest BCUT2D eigenvalue weighted by Crippen LogP contribution is 2.24. The Morgan fingerprint density at radius 3 is 2.94 bits per heavy atom. The number of aliphatic hydroxyl groups excluding tert-OH is 1. The van der Waals surface area contributed by atoms with Gasteiger partial charge >= 0.3 is 0 Å². The standard InChI is InChI=1S/C14H28N2O2/c1-12-5-2-3-6-13(12)10-18-11-14(17)9-16-8-4-7-15/h2-3,12-14,16-17H,4-11,15H2,1H3. The molecule has 106 valence electrons. The van der Waals surface area contributed by atoms with Crippen molar-refractivity contribution in [3.63, 3.8) is 0 Å². The van der Waals surface area contributed by atoms with E-state index in [1.54, 1.807) is 0 Å². The van der Waals surface area contributed by atoms with Crippen LogP contribution in [0.15, 0.2) is 12.2 Å². The second-order valence-corrected chi connectivity index (χ2v) is 5.22. The molecule has 0 aromatic carbocycles. The maximum absolute atomic E-state index is 9.71. The minimum absolute atomic E-state index is 0.419. The first-order valence-corrected chi connectivity index (χ1v) is 7.05. The Hall–Kier alpha value is -0.420. The molecule has 0 amide bonds. The first kappa shape index (κ1) is 15.6. The van der Waals surface area contributed by atoms with Crippen LogP contribution in [0.3, 0.4) is 0 Å². The van der Waals surface area contributed by atoms with Crippen LogP contribution < -0.4 is 11.1 Å². The zero-order valence-corrected chi connectivity index (χ0v) is 11.5. The zero-order chi connectivity index (χ0) is 13.2. The second kappa shape index (κ2) is 9.50. The molecule has 3 unspecified atom stereocenters. The summed E-state index contributed by atoms with van der Waals surface area (Å²) >= 11 is 0. The largest absolute Gasteiger partial charge is 0.389 e. The predicted molar refractivity (Wildman–Crippen MR) is 74.4 cm³/mol. The van der Waals surface area contributed by atoms with E-state index in [0.717, 1.165) is 32.4 Å². The van der Waals surface area contributed by atoms with Gasteiger partial charge in [-0.25, -0.2) is 0 Å². The Balaban J connectivity index is 2.01. The lowest BCUT2D eigenvalue weighted by molar-refractivity contribution is 0.0129. The third kappa shape index (κ3) is 6.50. The van der Waals surface area contributed by atoms with Crippen LogP contribution in [0, 0.1) is 11.8 Å². The molecule has 4 heteroatoms. The van der Waals surface area contributed by atoms with Gasteiger partial charge in [-0.2, -0.15) is 0 Å². The topological polar surface area (TPSA) is 67.5 Å². The average molecular weight is 256 g/mol. The van der Waals surface area contributed by atoms with Gasteiger partial charge in [0.05, 0.1) is 19.3 Å². The van der Waals surface area contributed by atoms with Crippen LogP contribution in [-0.2, 0) is 4.74 Å². The monoisotopic (exact) mass is 256 g/mol. The van der Waals surface area contributed by atoms with E-state index >= 15 is 0 Å². The summed E-state index contributed by atoms with van der Waals surface area (Å²) in [5.74, 6) is 1.29. The highest BCUT2D eigenvalue weighted by Gasteiger charge is 2.18. The molecular formula is C14H28N2O2. The van der Waals surface area contributed by atoms with Gasteiger partial charge in [0.25, 0.3) is 0 Å². The molecule has 0 fully saturated rings. The second-order valence-electron chi connectivity index (χ2n) is 5.22. The van der Waals surface area contributed by atoms with Crippen molar-refractivity contribution in [1.29, 1.82) is 0 Å². The van der Waals surface area contributed by atoms with Gasteiger partial charge in [0.15, 0.2) is 0 Å². The minimum Gasteiger partial charge on any atom is -0.389 e. The van der Waals surface area contributed by atoms with Gasteiger partial charge < -0.3 is 20.9 Å². The summed E-state index contributed by atoms with van der Waals surface area (Å²) in [7, 11) is 0. The molecule has 0 radical (unpaired) electrons. The first-order chi connectivity index (χ1) is 8.74. The van der Waals surface area contributed by atoms with Gasteiger partial charge in [-0.1, -0.05) is 19.1 Å². The van der Waals surface area contributed by atoms with Gasteiger partial charge in [-0.05, 0) is 44.2 Å². The number of allylic oxidation sites excluding steroid dienone is 2. The van der Waals surface area contributed by atoms with Crippen molar-refractivity contribution >= 4 is 0 Å². The van der Waals surface area contributed by atoms with Crippen molar-refractivity contribution in [1.82, 2.24) is 5.32 Å². The minimum atomic E-state index is -0.419. The van der Waals surface area contributed by atoms with Gasteiger partial charge in [0.1, 0.15) is 0 Å². The van der Waals surface area contributed by atoms with Crippen molar-refractivity contribution in [3.05, 3.63) is 12.2 Å². The fourth-order valence-corrected chi connectivity index (χ4v) is 2.15. The van der Waals surface area contributed by atoms with Crippen LogP contribution in [-0.4, -0.2) is 44.1 Å². The molecule has 0 bridgehead atoms. The smallest absolute Gasteiger partial charge is 0.0897 e. The summed E-state index contributed by atoms with van der Waals surface area (Å²) in [6.45, 7) is 5.57. The molecule has 1 aliphatic rings. The van der Waals surface area contributed by atoms with Gasteiger partial charge in [0.2, 0.25) is 0 Å². The Labute approximate surface area is 111 Å². The molecule has 0 aliphatic heterocycles. The summed E-state index contributed by atoms with van der Waals surface area (Å²) in [4.78, 5) is 0. The highest BCUT2D eigenvalue weighted by molar-refractivity contribution is 4.93. The van der Waals surface area contributed by atoms with Crippen molar-refractivity contribution < 1.29 is 9.84 Å². The predicted octanol–water partition coefficient (Wildman–Crippen LogP) is 0.905. The average Bonchev–Trinajstić information content (AvgIpc) is 2.37. The third-order valence-corrected chi connectivity index (χ3v) is 3.50. The zero-order valence-electron chi connectivity index (χ0n) is 11.5. The Morgan fingerprint density at radius 2 is 2.22 bits per heavy atom. The summed E-state index contributed by atoms with van der Waals surface area (Å²) in [5, 5.41) is 12.9. The highest BCUT2D eigenvalue weighted by atomic mass is 16.5. The number of hydrogen-bond acceptors (Lipinski definition) is 4. The molecule has 18 heavy (non-hydrogen) atoms. The van der Waals surface area contributed by atoms with E-state index < -0.39 is 6.10 Å². The Bertz CT molecular complexity index is 234. The number of hydrogen-bond donors (Lipinski definition) is 3. The van der Waals surface area contributed by atoms with Gasteiger partial charge in [-0.15, -0.1) is 0 Å². The molecule has 4 N–H and O–H groups in total. The Morgan fingerprint density at radius 1 is 1.44 bits per heavy atom. The molecule has 4 nitrogen and oxygen atoms in total. The molecule has 0 heterocycles. The lowest BCUT2D eigenvalue weighted by atomic mass is 9.85. The van der Waals surface area contributed by atoms with E-state index in [9.17, 15) is 5.11 Å². The van der Waals surface area contributed by atoms with Gasteiger partial charge in [0, 0.05) is 6.54 Å². The van der Waals surface area contributed by atoms with E-state index in [0.29, 0.717) is 31.5 Å². The number of nitrogens with two attached hydrogens (primary N) is 1. The number of nitrogens with one attached hydrogen (secondary N) is 1. The fourth-order valence-electron chi connectivity index (χ4n) is 2.15. The van der Waals surface area contributed by atoms with E-state index in [1.165, 1.54) is 0 Å². The van der Waals surface area contributed by atoms with Crippen molar-refractivity contribution in [2.24, 2.45) is 17.6 Å². The first-order valence-electron chi connectivity index (χ1n) is 7.05. The fraction of sp³-hybridized carbons (Fsp3) is 0.857. The lowest BCUT2D eigenvalue weighted by Gasteiger charge is -2.25. The SMILES string of the molecule is CC1CC=CCC1COCC(O)CNCCCN. The molecule has 0 saturated heterocycles. The van der Waals surface area contributed by atoms with E-state index in [2.05, 4.69) is 24.4 Å². The van der Waals surface area contributed by atoms with E-state index in [4.69, 9.17) is 10.5 Å². The van der Waals surface area contributed by atoms with Crippen LogP contribution in [0.5, 0.6) is 0 Å². The van der Waals surface area contributed by atoms with Gasteiger partial charge in [-0.3, -0.25) is 0 Å². The lowest BCUT2D eigenvalue weighted by Crippen LogP contribution is -2.32. The molecule has 1 aliphatic carbocycles. The maximum atomic E-state index is 9.71. The van der Waals surface area contributed by atoms with E-state index in [1.807, 2.05) is 0 Å². The molecule has 3 atom stereocenters. The van der Waals surface area contributed by atoms with Crippen molar-refractivity contribution in [2.45, 2.75) is 32.3 Å². The molecule has 0 saturated carbocycles. The number of ether oxygens (including phenoxy) is 1. The summed E-state index contributed by atoms with van der Waals surface area (Å²) < 4.78 is 5.61. The van der Waals surface area contributed by atoms with Crippen LogP contribution in [0.1, 0.15) is 26.2 Å². The van der Waals surface area contributed by atoms with Crippen LogP contribution in [0.4, 0.5) is 0 Å². The van der Waals surface area contributed by atoms with Crippen LogP contribution in [0.2, 0.25) is 0 Å². The quantitative estimate of drug-likeness (QED) is 0.424. The molecule has 1 rings (SSSR count). The van der Waals surface area contributed by atoms with Crippen molar-refractivity contribution in [2.75, 3.05) is 32.8 Å². The third-order valence-electron chi connectivity index (χ3n) is 3.50. The van der Waals surface area contributed by atoms with Crippen LogP contribution in [0.25, 0.3) is 0 Å².